The molecule has 0 aromatic heterocycles. The van der Waals surface area contributed by atoms with Crippen LogP contribution in [0.2, 0.25) is 0 Å². The van der Waals surface area contributed by atoms with Crippen LogP contribution < -0.4 is 0 Å². The number of cyclic esters (lactones) is 1. The fraction of sp³-hybridized carbons (Fsp3) is 0.750. The summed E-state index contributed by atoms with van der Waals surface area (Å²) in [6.45, 7) is 8.95. The van der Waals surface area contributed by atoms with Crippen LogP contribution in [0.15, 0.2) is 12.7 Å². The smallest absolute Gasteiger partial charge is 0.339 e. The molecule has 0 radical (unpaired) electrons. The summed E-state index contributed by atoms with van der Waals surface area (Å²) in [5.41, 5.74) is -0.892. The van der Waals surface area contributed by atoms with E-state index in [1.54, 1.807) is 34.0 Å². The van der Waals surface area contributed by atoms with E-state index in [-0.39, 0.29) is 0 Å². The van der Waals surface area contributed by atoms with Crippen molar-refractivity contribution >= 4 is 5.97 Å². The zero-order valence-corrected chi connectivity index (χ0v) is 10.6. The van der Waals surface area contributed by atoms with Gasteiger partial charge in [0.05, 0.1) is 0 Å². The van der Waals surface area contributed by atoms with Gasteiger partial charge >= 0.3 is 5.97 Å². The Morgan fingerprint density at radius 1 is 1.35 bits per heavy atom. The summed E-state index contributed by atoms with van der Waals surface area (Å²) >= 11 is 0. The third-order valence-electron chi connectivity index (χ3n) is 3.20. The molecule has 2 aliphatic heterocycles. The maximum absolute atomic E-state index is 11.9. The topological polar surface area (TPSA) is 54.0 Å². The number of hydrogen-bond acceptors (Lipinski definition) is 5. The molecule has 2 aliphatic rings. The van der Waals surface area contributed by atoms with Crippen LogP contribution in [0.1, 0.15) is 20.8 Å². The van der Waals surface area contributed by atoms with Crippen LogP contribution in [0.3, 0.4) is 0 Å². The predicted octanol–water partition coefficient (Wildman–Crippen LogP) is 1.02. The summed E-state index contributed by atoms with van der Waals surface area (Å²) in [6, 6.07) is 0. The largest absolute Gasteiger partial charge is 0.450 e. The molecule has 5 nitrogen and oxygen atoms in total. The first-order valence-electron chi connectivity index (χ1n) is 5.58. The van der Waals surface area contributed by atoms with E-state index < -0.39 is 35.7 Å². The molecular weight excluding hydrogens is 224 g/mol. The van der Waals surface area contributed by atoms with E-state index in [2.05, 4.69) is 6.58 Å². The molecule has 0 N–H and O–H groups in total. The number of esters is 1. The highest BCUT2D eigenvalue weighted by atomic mass is 16.8. The molecule has 2 saturated heterocycles. The van der Waals surface area contributed by atoms with E-state index in [0.717, 1.165) is 0 Å². The molecule has 0 aromatic rings. The van der Waals surface area contributed by atoms with Crippen molar-refractivity contribution in [3.8, 4) is 0 Å². The van der Waals surface area contributed by atoms with Crippen LogP contribution in [-0.4, -0.2) is 42.8 Å². The van der Waals surface area contributed by atoms with Crippen LogP contribution >= 0.6 is 0 Å². The summed E-state index contributed by atoms with van der Waals surface area (Å²) in [7, 11) is 1.55. The van der Waals surface area contributed by atoms with Gasteiger partial charge in [-0.25, -0.2) is 4.79 Å². The number of methoxy groups -OCH3 is 1. The Morgan fingerprint density at radius 3 is 2.53 bits per heavy atom. The fourth-order valence-electron chi connectivity index (χ4n) is 2.38. The van der Waals surface area contributed by atoms with Gasteiger partial charge < -0.3 is 18.9 Å². The molecule has 0 amide bonds. The third-order valence-corrected chi connectivity index (χ3v) is 3.20. The van der Waals surface area contributed by atoms with E-state index in [1.807, 2.05) is 0 Å². The summed E-state index contributed by atoms with van der Waals surface area (Å²) in [5.74, 6) is -1.24. The Hall–Kier alpha value is -0.910. The van der Waals surface area contributed by atoms with E-state index in [4.69, 9.17) is 18.9 Å². The summed E-state index contributed by atoms with van der Waals surface area (Å²) < 4.78 is 22.0. The highest BCUT2D eigenvalue weighted by molar-refractivity contribution is 5.78. The van der Waals surface area contributed by atoms with Gasteiger partial charge in [-0.1, -0.05) is 6.58 Å². The van der Waals surface area contributed by atoms with Crippen LogP contribution in [0.25, 0.3) is 0 Å². The SMILES string of the molecule is C=C[C@]1(C)OC(=O)C2OC(C)(C)OC2C1OC. The lowest BCUT2D eigenvalue weighted by atomic mass is 9.88. The second kappa shape index (κ2) is 3.80. The zero-order valence-electron chi connectivity index (χ0n) is 10.6. The quantitative estimate of drug-likeness (QED) is 0.534. The van der Waals surface area contributed by atoms with Crippen molar-refractivity contribution in [1.82, 2.24) is 0 Å². The first-order valence-corrected chi connectivity index (χ1v) is 5.58. The standard InChI is InChI=1S/C12H18O5/c1-6-12(4)9(14-5)7-8(10(13)17-12)16-11(2,3)15-7/h6-9H,1H2,2-5H3/t7?,8?,9?,12-/m0/s1. The Labute approximate surface area is 101 Å². The van der Waals surface area contributed by atoms with Gasteiger partial charge in [-0.05, 0) is 26.8 Å². The minimum atomic E-state index is -0.892. The number of rotatable bonds is 2. The van der Waals surface area contributed by atoms with Crippen molar-refractivity contribution in [3.05, 3.63) is 12.7 Å². The number of hydrogen-bond donors (Lipinski definition) is 0. The average molecular weight is 242 g/mol. The first kappa shape index (κ1) is 12.5. The van der Waals surface area contributed by atoms with Gasteiger partial charge in [-0.15, -0.1) is 0 Å². The zero-order chi connectivity index (χ0) is 12.8. The molecular formula is C12H18O5. The molecule has 17 heavy (non-hydrogen) atoms. The van der Waals surface area contributed by atoms with Gasteiger partial charge in [-0.2, -0.15) is 0 Å². The molecule has 0 aromatic carbocycles. The molecule has 0 saturated carbocycles. The third kappa shape index (κ3) is 1.88. The van der Waals surface area contributed by atoms with Crippen LogP contribution in [0.5, 0.6) is 0 Å². The summed E-state index contributed by atoms with van der Waals surface area (Å²) in [6.07, 6.45) is -0.0732. The Kier molecular flexibility index (Phi) is 2.80. The van der Waals surface area contributed by atoms with E-state index in [1.165, 1.54) is 0 Å². The Bertz CT molecular complexity index is 351. The number of ether oxygens (including phenoxy) is 4. The lowest BCUT2D eigenvalue weighted by Crippen LogP contribution is -2.60. The van der Waals surface area contributed by atoms with Gasteiger partial charge in [0.25, 0.3) is 0 Å². The van der Waals surface area contributed by atoms with Crippen molar-refractivity contribution in [2.24, 2.45) is 0 Å². The van der Waals surface area contributed by atoms with Crippen LogP contribution in [0, 0.1) is 0 Å². The molecule has 4 atom stereocenters. The molecule has 96 valence electrons. The lowest BCUT2D eigenvalue weighted by molar-refractivity contribution is -0.203. The molecule has 0 aliphatic carbocycles. The molecule has 3 unspecified atom stereocenters. The monoisotopic (exact) mass is 242 g/mol. The van der Waals surface area contributed by atoms with Crippen LogP contribution in [-0.2, 0) is 23.7 Å². The minimum Gasteiger partial charge on any atom is -0.450 e. The molecule has 0 bridgehead atoms. The predicted molar refractivity (Wildman–Crippen MR) is 59.3 cm³/mol. The van der Waals surface area contributed by atoms with Gasteiger partial charge in [0, 0.05) is 7.11 Å². The molecule has 2 heterocycles. The van der Waals surface area contributed by atoms with E-state index in [9.17, 15) is 4.79 Å². The normalized spacial score (nSPS) is 44.0. The second-order valence-electron chi connectivity index (χ2n) is 4.99. The van der Waals surface area contributed by atoms with Crippen molar-refractivity contribution in [3.63, 3.8) is 0 Å². The van der Waals surface area contributed by atoms with Crippen molar-refractivity contribution in [2.75, 3.05) is 7.11 Å². The van der Waals surface area contributed by atoms with Gasteiger partial charge in [-0.3, -0.25) is 0 Å². The van der Waals surface area contributed by atoms with Crippen molar-refractivity contribution in [1.29, 1.82) is 0 Å². The average Bonchev–Trinajstić information content (AvgIpc) is 2.55. The first-order chi connectivity index (χ1) is 7.83. The highest BCUT2D eigenvalue weighted by Gasteiger charge is 2.59. The van der Waals surface area contributed by atoms with E-state index in [0.29, 0.717) is 0 Å². The van der Waals surface area contributed by atoms with Gasteiger partial charge in [0.2, 0.25) is 0 Å². The van der Waals surface area contributed by atoms with Gasteiger partial charge in [0.1, 0.15) is 12.2 Å². The Balaban J connectivity index is 2.34. The lowest BCUT2D eigenvalue weighted by Gasteiger charge is -2.41. The van der Waals surface area contributed by atoms with E-state index >= 15 is 0 Å². The molecule has 2 fully saturated rings. The number of carbonyl (C=O) groups excluding carboxylic acids is 1. The van der Waals surface area contributed by atoms with Crippen LogP contribution in [0.4, 0.5) is 0 Å². The summed E-state index contributed by atoms with van der Waals surface area (Å²) in [5, 5.41) is 0. The van der Waals surface area contributed by atoms with Crippen molar-refractivity contribution in [2.45, 2.75) is 50.5 Å². The maximum atomic E-state index is 11.9. The summed E-state index contributed by atoms with van der Waals surface area (Å²) in [4.78, 5) is 11.9. The van der Waals surface area contributed by atoms with Crippen molar-refractivity contribution < 1.29 is 23.7 Å². The minimum absolute atomic E-state index is 0.426. The molecule has 0 spiro atoms. The van der Waals surface area contributed by atoms with Gasteiger partial charge in [0.15, 0.2) is 17.5 Å². The highest BCUT2D eigenvalue weighted by Crippen LogP contribution is 2.40. The molecule has 2 rings (SSSR count). The number of carbonyl (C=O) groups is 1. The Morgan fingerprint density at radius 2 is 2.00 bits per heavy atom. The fourth-order valence-corrected chi connectivity index (χ4v) is 2.38. The molecule has 5 heteroatoms. The number of fused-ring (bicyclic) bond motifs is 1. The second-order valence-corrected chi connectivity index (χ2v) is 4.99. The maximum Gasteiger partial charge on any atom is 0.339 e.